The fourth-order valence-corrected chi connectivity index (χ4v) is 3.78. The van der Waals surface area contributed by atoms with E-state index < -0.39 is 0 Å². The topological polar surface area (TPSA) is 62.5 Å². The quantitative estimate of drug-likeness (QED) is 0.297. The lowest BCUT2D eigenvalue weighted by atomic mass is 10.0. The smallest absolute Gasteiger partial charge is 0.165 e. The lowest BCUT2D eigenvalue weighted by Crippen LogP contribution is -2.00. The Balaban J connectivity index is 1.61. The molecule has 0 saturated heterocycles. The molecular formula is C28H17ClN4. The molecule has 0 aliphatic rings. The molecule has 5 heteroatoms. The second kappa shape index (κ2) is 9.04. The molecule has 1 heterocycles. The van der Waals surface area contributed by atoms with Crippen molar-refractivity contribution >= 4 is 11.6 Å². The number of nitriles is 1. The molecular weight excluding hydrogens is 428 g/mol. The number of rotatable bonds is 4. The van der Waals surface area contributed by atoms with Crippen LogP contribution in [0.15, 0.2) is 103 Å². The Kier molecular flexibility index (Phi) is 5.63. The van der Waals surface area contributed by atoms with Gasteiger partial charge in [-0.1, -0.05) is 90.5 Å². The second-order valence-electron chi connectivity index (χ2n) is 7.42. The average molecular weight is 445 g/mol. The summed E-state index contributed by atoms with van der Waals surface area (Å²) >= 11 is 6.45. The Morgan fingerprint density at radius 1 is 0.545 bits per heavy atom. The molecule has 4 nitrogen and oxygen atoms in total. The summed E-state index contributed by atoms with van der Waals surface area (Å²) in [7, 11) is 0. The van der Waals surface area contributed by atoms with Crippen LogP contribution < -0.4 is 0 Å². The Bertz CT molecular complexity index is 1470. The van der Waals surface area contributed by atoms with Gasteiger partial charge in [-0.15, -0.1) is 0 Å². The van der Waals surface area contributed by atoms with Crippen LogP contribution in [-0.4, -0.2) is 15.0 Å². The highest BCUT2D eigenvalue weighted by atomic mass is 35.5. The van der Waals surface area contributed by atoms with Crippen LogP contribution >= 0.6 is 11.6 Å². The molecule has 33 heavy (non-hydrogen) atoms. The van der Waals surface area contributed by atoms with Gasteiger partial charge in [0.15, 0.2) is 17.5 Å². The van der Waals surface area contributed by atoms with Gasteiger partial charge in [-0.05, 0) is 35.4 Å². The van der Waals surface area contributed by atoms with Crippen LogP contribution in [0.3, 0.4) is 0 Å². The first-order valence-electron chi connectivity index (χ1n) is 10.4. The van der Waals surface area contributed by atoms with Gasteiger partial charge in [0, 0.05) is 16.7 Å². The van der Waals surface area contributed by atoms with Crippen molar-refractivity contribution in [1.29, 1.82) is 5.26 Å². The number of aromatic nitrogens is 3. The number of benzene rings is 4. The summed E-state index contributed by atoms with van der Waals surface area (Å²) in [4.78, 5) is 14.2. The molecule has 5 rings (SSSR count). The predicted molar refractivity (Wildman–Crippen MR) is 131 cm³/mol. The minimum absolute atomic E-state index is 0.523. The summed E-state index contributed by atoms with van der Waals surface area (Å²) < 4.78 is 0. The van der Waals surface area contributed by atoms with Gasteiger partial charge in [0.25, 0.3) is 0 Å². The number of nitrogens with zero attached hydrogens (tertiary/aromatic N) is 4. The number of hydrogen-bond donors (Lipinski definition) is 0. The monoisotopic (exact) mass is 444 g/mol. The standard InChI is InChI=1S/C28H17ClN4/c29-25-12-5-4-11-24(25)28-32-26(21-8-2-1-3-9-21)31-27(33-28)22-15-13-20(14-16-22)23-10-6-7-19(17-23)18-30/h1-17H. The minimum atomic E-state index is 0.523. The maximum absolute atomic E-state index is 9.18. The van der Waals surface area contributed by atoms with Gasteiger partial charge in [0.05, 0.1) is 16.7 Å². The normalized spacial score (nSPS) is 10.5. The van der Waals surface area contributed by atoms with Crippen LogP contribution in [0.5, 0.6) is 0 Å². The molecule has 1 aromatic heterocycles. The Morgan fingerprint density at radius 3 is 1.82 bits per heavy atom. The van der Waals surface area contributed by atoms with Crippen LogP contribution in [0.4, 0.5) is 0 Å². The van der Waals surface area contributed by atoms with Crippen molar-refractivity contribution in [1.82, 2.24) is 15.0 Å². The third-order valence-corrected chi connectivity index (χ3v) is 5.58. The van der Waals surface area contributed by atoms with E-state index in [1.807, 2.05) is 97.1 Å². The van der Waals surface area contributed by atoms with Gasteiger partial charge in [0.1, 0.15) is 0 Å². The zero-order valence-corrected chi connectivity index (χ0v) is 18.2. The predicted octanol–water partition coefficient (Wildman–Crippen LogP) is 7.06. The van der Waals surface area contributed by atoms with Gasteiger partial charge >= 0.3 is 0 Å². The highest BCUT2D eigenvalue weighted by Crippen LogP contribution is 2.30. The summed E-state index contributed by atoms with van der Waals surface area (Å²) in [6.45, 7) is 0. The minimum Gasteiger partial charge on any atom is -0.208 e. The van der Waals surface area contributed by atoms with Crippen LogP contribution in [0, 0.1) is 11.3 Å². The molecule has 0 fully saturated rings. The fraction of sp³-hybridized carbons (Fsp3) is 0. The largest absolute Gasteiger partial charge is 0.208 e. The SMILES string of the molecule is N#Cc1cccc(-c2ccc(-c3nc(-c4ccccc4)nc(-c4ccccc4Cl)n3)cc2)c1. The van der Waals surface area contributed by atoms with Gasteiger partial charge < -0.3 is 0 Å². The zero-order valence-electron chi connectivity index (χ0n) is 17.5. The molecule has 0 aliphatic heterocycles. The molecule has 0 radical (unpaired) electrons. The maximum Gasteiger partial charge on any atom is 0.165 e. The van der Waals surface area contributed by atoms with Crippen molar-refractivity contribution in [3.8, 4) is 51.4 Å². The van der Waals surface area contributed by atoms with Gasteiger partial charge in [-0.2, -0.15) is 5.26 Å². The van der Waals surface area contributed by atoms with E-state index in [4.69, 9.17) is 26.6 Å². The van der Waals surface area contributed by atoms with E-state index in [0.29, 0.717) is 28.1 Å². The fourth-order valence-electron chi connectivity index (χ4n) is 3.56. The van der Waals surface area contributed by atoms with E-state index in [1.54, 1.807) is 6.07 Å². The molecule has 0 unspecified atom stereocenters. The van der Waals surface area contributed by atoms with E-state index in [9.17, 15) is 5.26 Å². The molecule has 0 aliphatic carbocycles. The molecule has 5 aromatic rings. The third kappa shape index (κ3) is 4.36. The van der Waals surface area contributed by atoms with Gasteiger partial charge in [0.2, 0.25) is 0 Å². The Morgan fingerprint density at radius 2 is 1.12 bits per heavy atom. The van der Waals surface area contributed by atoms with Crippen LogP contribution in [0.2, 0.25) is 5.02 Å². The molecule has 156 valence electrons. The molecule has 0 N–H and O–H groups in total. The van der Waals surface area contributed by atoms with E-state index >= 15 is 0 Å². The van der Waals surface area contributed by atoms with Crippen molar-refractivity contribution in [3.63, 3.8) is 0 Å². The molecule has 0 saturated carbocycles. The van der Waals surface area contributed by atoms with Crippen LogP contribution in [0.25, 0.3) is 45.3 Å². The van der Waals surface area contributed by atoms with Crippen molar-refractivity contribution in [2.45, 2.75) is 0 Å². The summed E-state index contributed by atoms with van der Waals surface area (Å²) in [6, 6.07) is 35.0. The van der Waals surface area contributed by atoms with Gasteiger partial charge in [-0.25, -0.2) is 15.0 Å². The number of hydrogen-bond acceptors (Lipinski definition) is 4. The molecule has 0 amide bonds. The first-order chi connectivity index (χ1) is 16.2. The molecule has 0 spiro atoms. The van der Waals surface area contributed by atoms with Crippen molar-refractivity contribution < 1.29 is 0 Å². The van der Waals surface area contributed by atoms with Crippen molar-refractivity contribution in [3.05, 3.63) is 114 Å². The average Bonchev–Trinajstić information content (AvgIpc) is 2.89. The number of halogens is 1. The van der Waals surface area contributed by atoms with E-state index in [1.165, 1.54) is 0 Å². The van der Waals surface area contributed by atoms with Crippen LogP contribution in [0.1, 0.15) is 5.56 Å². The van der Waals surface area contributed by atoms with Crippen molar-refractivity contribution in [2.24, 2.45) is 0 Å². The molecule has 0 atom stereocenters. The highest BCUT2D eigenvalue weighted by Gasteiger charge is 2.14. The summed E-state index contributed by atoms with van der Waals surface area (Å²) in [5.41, 5.74) is 5.15. The second-order valence-corrected chi connectivity index (χ2v) is 7.83. The first kappa shape index (κ1) is 20.6. The highest BCUT2D eigenvalue weighted by molar-refractivity contribution is 6.33. The van der Waals surface area contributed by atoms with E-state index in [2.05, 4.69) is 6.07 Å². The van der Waals surface area contributed by atoms with E-state index in [-0.39, 0.29) is 0 Å². The maximum atomic E-state index is 9.18. The first-order valence-corrected chi connectivity index (χ1v) is 10.8. The molecule has 4 aromatic carbocycles. The van der Waals surface area contributed by atoms with E-state index in [0.717, 1.165) is 27.8 Å². The summed E-state index contributed by atoms with van der Waals surface area (Å²) in [5.74, 6) is 1.67. The Labute approximate surface area is 196 Å². The lowest BCUT2D eigenvalue weighted by molar-refractivity contribution is 1.07. The van der Waals surface area contributed by atoms with Crippen molar-refractivity contribution in [2.75, 3.05) is 0 Å². The third-order valence-electron chi connectivity index (χ3n) is 5.25. The summed E-state index contributed by atoms with van der Waals surface area (Å²) in [5, 5.41) is 9.76. The Hall–Kier alpha value is -4.33. The lowest BCUT2D eigenvalue weighted by Gasteiger charge is -2.10. The zero-order chi connectivity index (χ0) is 22.6. The molecule has 0 bridgehead atoms. The van der Waals surface area contributed by atoms with Gasteiger partial charge in [-0.3, -0.25) is 0 Å². The summed E-state index contributed by atoms with van der Waals surface area (Å²) in [6.07, 6.45) is 0. The van der Waals surface area contributed by atoms with Crippen LogP contribution in [-0.2, 0) is 0 Å².